The molecule has 1 aromatic carbocycles. The van der Waals surface area contributed by atoms with Gasteiger partial charge < -0.3 is 15.2 Å². The van der Waals surface area contributed by atoms with Crippen LogP contribution in [0.25, 0.3) is 0 Å². The number of halogens is 1. The first-order chi connectivity index (χ1) is 6.77. The second-order valence-electron chi connectivity index (χ2n) is 3.64. The number of aryl methyl sites for hydroxylation is 1. The Morgan fingerprint density at radius 2 is 2.27 bits per heavy atom. The van der Waals surface area contributed by atoms with Crippen LogP contribution < -0.4 is 5.32 Å². The Kier molecular flexibility index (Phi) is 4.39. The average Bonchev–Trinajstić information content (AvgIpc) is 2.19. The monoisotopic (exact) mass is 229 g/mol. The highest BCUT2D eigenvalue weighted by Gasteiger charge is 2.17. The molecule has 1 aromatic rings. The van der Waals surface area contributed by atoms with E-state index in [-0.39, 0.29) is 18.4 Å². The van der Waals surface area contributed by atoms with Crippen LogP contribution >= 0.6 is 12.4 Å². The van der Waals surface area contributed by atoms with Crippen LogP contribution in [0.2, 0.25) is 0 Å². The Labute approximate surface area is 95.9 Å². The van der Waals surface area contributed by atoms with Crippen molar-refractivity contribution in [2.24, 2.45) is 0 Å². The lowest BCUT2D eigenvalue weighted by molar-refractivity contribution is 0.0761. The molecule has 0 saturated carbocycles. The number of phenols is 1. The molecule has 0 unspecified atom stereocenters. The summed E-state index contributed by atoms with van der Waals surface area (Å²) in [7, 11) is 0. The van der Waals surface area contributed by atoms with Crippen LogP contribution in [-0.4, -0.2) is 24.9 Å². The van der Waals surface area contributed by atoms with Crippen molar-refractivity contribution in [1.82, 2.24) is 5.32 Å². The Morgan fingerprint density at radius 3 is 2.87 bits per heavy atom. The molecule has 1 aliphatic rings. The molecule has 3 nitrogen and oxygen atoms in total. The molecule has 84 valence electrons. The molecular formula is C11H16ClNO2. The van der Waals surface area contributed by atoms with E-state index in [4.69, 9.17) is 4.74 Å². The molecule has 1 aliphatic heterocycles. The molecule has 15 heavy (non-hydrogen) atoms. The van der Waals surface area contributed by atoms with E-state index >= 15 is 0 Å². The predicted molar refractivity (Wildman–Crippen MR) is 61.7 cm³/mol. The van der Waals surface area contributed by atoms with Gasteiger partial charge >= 0.3 is 0 Å². The van der Waals surface area contributed by atoms with Crippen LogP contribution in [0.3, 0.4) is 0 Å². The smallest absolute Gasteiger partial charge is 0.120 e. The van der Waals surface area contributed by atoms with E-state index in [1.165, 1.54) is 0 Å². The zero-order chi connectivity index (χ0) is 9.97. The number of aromatic hydroxyl groups is 1. The molecular weight excluding hydrogens is 214 g/mol. The number of phenolic OH excluding ortho intramolecular Hbond substituents is 1. The van der Waals surface area contributed by atoms with Crippen molar-refractivity contribution in [3.8, 4) is 5.75 Å². The van der Waals surface area contributed by atoms with Crippen LogP contribution in [0, 0.1) is 6.92 Å². The highest BCUT2D eigenvalue weighted by Crippen LogP contribution is 2.26. The molecule has 2 N–H and O–H groups in total. The van der Waals surface area contributed by atoms with Gasteiger partial charge in [-0.25, -0.2) is 0 Å². The maximum Gasteiger partial charge on any atom is 0.120 e. The first-order valence-electron chi connectivity index (χ1n) is 4.88. The van der Waals surface area contributed by atoms with Gasteiger partial charge in [-0.3, -0.25) is 0 Å². The molecule has 1 fully saturated rings. The quantitative estimate of drug-likeness (QED) is 0.772. The van der Waals surface area contributed by atoms with E-state index in [0.29, 0.717) is 12.4 Å². The van der Waals surface area contributed by atoms with Crippen LogP contribution in [-0.2, 0) is 4.74 Å². The van der Waals surface area contributed by atoms with Gasteiger partial charge in [-0.15, -0.1) is 12.4 Å². The SMILES string of the molecule is Cc1ccc([C@H]2COCCN2)c(O)c1.Cl. The highest BCUT2D eigenvalue weighted by molar-refractivity contribution is 5.85. The minimum Gasteiger partial charge on any atom is -0.508 e. The summed E-state index contributed by atoms with van der Waals surface area (Å²) < 4.78 is 5.35. The predicted octanol–water partition coefficient (Wildman–Crippen LogP) is 1.78. The van der Waals surface area contributed by atoms with Crippen molar-refractivity contribution in [3.05, 3.63) is 29.3 Å². The minimum atomic E-state index is 0. The Morgan fingerprint density at radius 1 is 1.47 bits per heavy atom. The summed E-state index contributed by atoms with van der Waals surface area (Å²) in [4.78, 5) is 0. The van der Waals surface area contributed by atoms with Crippen molar-refractivity contribution in [1.29, 1.82) is 0 Å². The van der Waals surface area contributed by atoms with E-state index < -0.39 is 0 Å². The van der Waals surface area contributed by atoms with Crippen molar-refractivity contribution in [2.75, 3.05) is 19.8 Å². The highest BCUT2D eigenvalue weighted by atomic mass is 35.5. The second kappa shape index (κ2) is 5.35. The number of ether oxygens (including phenoxy) is 1. The zero-order valence-electron chi connectivity index (χ0n) is 8.69. The van der Waals surface area contributed by atoms with Gasteiger partial charge in [-0.2, -0.15) is 0 Å². The van der Waals surface area contributed by atoms with Gasteiger partial charge in [0.05, 0.1) is 19.3 Å². The van der Waals surface area contributed by atoms with Crippen molar-refractivity contribution in [3.63, 3.8) is 0 Å². The van der Waals surface area contributed by atoms with Gasteiger partial charge in [0.2, 0.25) is 0 Å². The van der Waals surface area contributed by atoms with E-state index in [0.717, 1.165) is 24.3 Å². The molecule has 4 heteroatoms. The molecule has 0 amide bonds. The number of morpholine rings is 1. The van der Waals surface area contributed by atoms with Gasteiger partial charge in [0.25, 0.3) is 0 Å². The maximum atomic E-state index is 9.75. The van der Waals surface area contributed by atoms with Gasteiger partial charge in [-0.1, -0.05) is 12.1 Å². The number of nitrogens with one attached hydrogen (secondary N) is 1. The normalized spacial score (nSPS) is 20.7. The van der Waals surface area contributed by atoms with Gasteiger partial charge in [0.1, 0.15) is 5.75 Å². The van der Waals surface area contributed by atoms with Crippen LogP contribution in [0.15, 0.2) is 18.2 Å². The Balaban J connectivity index is 0.00000112. The first-order valence-corrected chi connectivity index (χ1v) is 4.88. The third-order valence-corrected chi connectivity index (χ3v) is 2.48. The third kappa shape index (κ3) is 2.84. The van der Waals surface area contributed by atoms with Crippen LogP contribution in [0.4, 0.5) is 0 Å². The van der Waals surface area contributed by atoms with E-state index in [1.807, 2.05) is 19.1 Å². The summed E-state index contributed by atoms with van der Waals surface area (Å²) in [6.45, 7) is 4.20. The van der Waals surface area contributed by atoms with Gasteiger partial charge in [0.15, 0.2) is 0 Å². The first kappa shape index (κ1) is 12.3. The fraction of sp³-hybridized carbons (Fsp3) is 0.455. The molecule has 0 aromatic heterocycles. The molecule has 1 saturated heterocycles. The van der Waals surface area contributed by atoms with Crippen molar-refractivity contribution >= 4 is 12.4 Å². The molecule has 0 spiro atoms. The van der Waals surface area contributed by atoms with E-state index in [1.54, 1.807) is 6.07 Å². The Bertz CT molecular complexity index is 324. The summed E-state index contributed by atoms with van der Waals surface area (Å²) in [5.41, 5.74) is 2.00. The lowest BCUT2D eigenvalue weighted by Crippen LogP contribution is -2.34. The van der Waals surface area contributed by atoms with Crippen LogP contribution in [0.5, 0.6) is 5.75 Å². The fourth-order valence-electron chi connectivity index (χ4n) is 1.71. The molecule has 0 aliphatic carbocycles. The largest absolute Gasteiger partial charge is 0.508 e. The zero-order valence-corrected chi connectivity index (χ0v) is 9.51. The van der Waals surface area contributed by atoms with E-state index in [9.17, 15) is 5.11 Å². The number of hydrogen-bond donors (Lipinski definition) is 2. The lowest BCUT2D eigenvalue weighted by atomic mass is 10.0. The number of benzene rings is 1. The molecule has 1 heterocycles. The summed E-state index contributed by atoms with van der Waals surface area (Å²) in [5.74, 6) is 0.355. The Hall–Kier alpha value is -0.770. The summed E-state index contributed by atoms with van der Waals surface area (Å²) in [6, 6.07) is 5.87. The molecule has 2 rings (SSSR count). The lowest BCUT2D eigenvalue weighted by Gasteiger charge is -2.24. The average molecular weight is 230 g/mol. The topological polar surface area (TPSA) is 41.5 Å². The van der Waals surface area contributed by atoms with Crippen molar-refractivity contribution < 1.29 is 9.84 Å². The summed E-state index contributed by atoms with van der Waals surface area (Å²) >= 11 is 0. The third-order valence-electron chi connectivity index (χ3n) is 2.48. The molecule has 1 atom stereocenters. The number of rotatable bonds is 1. The van der Waals surface area contributed by atoms with Crippen molar-refractivity contribution in [2.45, 2.75) is 13.0 Å². The van der Waals surface area contributed by atoms with Gasteiger partial charge in [-0.05, 0) is 18.6 Å². The van der Waals surface area contributed by atoms with E-state index in [2.05, 4.69) is 5.32 Å². The number of hydrogen-bond acceptors (Lipinski definition) is 3. The molecule has 0 radical (unpaired) electrons. The van der Waals surface area contributed by atoms with Crippen LogP contribution in [0.1, 0.15) is 17.2 Å². The standard InChI is InChI=1S/C11H15NO2.ClH/c1-8-2-3-9(11(13)6-8)10-7-14-5-4-12-10;/h2-3,6,10,12-13H,4-5,7H2,1H3;1H/t10-;/m1./s1. The molecule has 0 bridgehead atoms. The summed E-state index contributed by atoms with van der Waals surface area (Å²) in [6.07, 6.45) is 0. The van der Waals surface area contributed by atoms with Gasteiger partial charge in [0, 0.05) is 12.1 Å². The fourth-order valence-corrected chi connectivity index (χ4v) is 1.71. The minimum absolute atomic E-state index is 0. The summed E-state index contributed by atoms with van der Waals surface area (Å²) in [5, 5.41) is 13.1. The maximum absolute atomic E-state index is 9.75. The second-order valence-corrected chi connectivity index (χ2v) is 3.64.